The minimum atomic E-state index is -1.31. The van der Waals surface area contributed by atoms with E-state index in [1.54, 1.807) is 13.8 Å². The van der Waals surface area contributed by atoms with E-state index in [2.05, 4.69) is 33.0 Å². The number of esters is 1. The van der Waals surface area contributed by atoms with Gasteiger partial charge in [0.1, 0.15) is 11.5 Å². The number of unbranched alkanes of at least 4 members (excludes halogenated alkanes) is 1. The number of carboxylic acids is 1. The fraction of sp³-hybridized carbons (Fsp3) is 0.775. The summed E-state index contributed by atoms with van der Waals surface area (Å²) in [4.78, 5) is 66.6. The average Bonchev–Trinajstić information content (AvgIpc) is 3.39. The Labute approximate surface area is 300 Å². The van der Waals surface area contributed by atoms with Gasteiger partial charge in [0.05, 0.1) is 5.41 Å². The van der Waals surface area contributed by atoms with E-state index in [0.717, 1.165) is 37.7 Å². The molecule has 0 bridgehead atoms. The molecule has 10 atom stereocenters. The molecule has 5 aliphatic rings. The predicted octanol–water partition coefficient (Wildman–Crippen LogP) is 7.52. The summed E-state index contributed by atoms with van der Waals surface area (Å²) in [6.45, 7) is 16.4. The Bertz CT molecular complexity index is 1690. The fourth-order valence-corrected chi connectivity index (χ4v) is 11.8. The third-order valence-corrected chi connectivity index (χ3v) is 15.4. The Morgan fingerprint density at radius 1 is 0.961 bits per heavy atom. The van der Waals surface area contributed by atoms with Crippen LogP contribution in [-0.4, -0.2) is 41.6 Å². The number of nitrogens with one attached hydrogen (secondary N) is 1. The Balaban J connectivity index is 1.37. The van der Waals surface area contributed by atoms with Crippen LogP contribution in [0.25, 0.3) is 0 Å². The zero-order chi connectivity index (χ0) is 37.4. The third-order valence-electron chi connectivity index (χ3n) is 15.4. The van der Waals surface area contributed by atoms with Crippen molar-refractivity contribution in [2.75, 3.05) is 6.54 Å². The van der Waals surface area contributed by atoms with Crippen LogP contribution >= 0.6 is 0 Å². The lowest BCUT2D eigenvalue weighted by atomic mass is 9.33. The van der Waals surface area contributed by atoms with Crippen molar-refractivity contribution in [3.63, 3.8) is 0 Å². The smallest absolute Gasteiger partial charge is 0.481 e. The van der Waals surface area contributed by atoms with Crippen molar-refractivity contribution in [2.24, 2.45) is 50.2 Å². The SMILES string of the molecule is CCCCNC(=O)O[C@H]1CC[C@@]2(C)[C@@H](CC[C@]3(C)[C@@H]2C(=O)C=C2[C@@H]4C[C@@](C)(C(=O)O)CC[C@]4(C)CC[C@]23C)[C@]1(C)C(=O)OCc1oc(=O)oc1C. The van der Waals surface area contributed by atoms with Crippen molar-refractivity contribution in [2.45, 2.75) is 139 Å². The number of hydrogen-bond donors (Lipinski definition) is 2. The zero-order valence-corrected chi connectivity index (χ0v) is 31.7. The van der Waals surface area contributed by atoms with Crippen LogP contribution in [0.1, 0.15) is 131 Å². The minimum Gasteiger partial charge on any atom is -0.481 e. The summed E-state index contributed by atoms with van der Waals surface area (Å²) in [5.74, 6) is -2.62. The van der Waals surface area contributed by atoms with Crippen LogP contribution in [-0.2, 0) is 30.5 Å². The van der Waals surface area contributed by atoms with Crippen molar-refractivity contribution >= 4 is 23.8 Å². The topological polar surface area (TPSA) is 162 Å². The number of allylic oxidation sites excluding steroid dienone is 2. The summed E-state index contributed by atoms with van der Waals surface area (Å²) < 4.78 is 22.0. The van der Waals surface area contributed by atoms with Gasteiger partial charge in [0.15, 0.2) is 23.9 Å². The maximum absolute atomic E-state index is 14.8. The lowest BCUT2D eigenvalue weighted by Gasteiger charge is -2.70. The Morgan fingerprint density at radius 2 is 1.67 bits per heavy atom. The quantitative estimate of drug-likeness (QED) is 0.204. The number of carbonyl (C=O) groups excluding carboxylic acids is 3. The highest BCUT2D eigenvalue weighted by atomic mass is 16.6. The average molecular weight is 712 g/mol. The summed E-state index contributed by atoms with van der Waals surface area (Å²) in [6, 6.07) is 0. The molecule has 4 fully saturated rings. The molecule has 6 rings (SSSR count). The van der Waals surface area contributed by atoms with Crippen LogP contribution in [0.3, 0.4) is 0 Å². The van der Waals surface area contributed by atoms with Crippen LogP contribution < -0.4 is 11.1 Å². The van der Waals surface area contributed by atoms with Crippen LogP contribution in [0.4, 0.5) is 4.79 Å². The molecule has 0 unspecified atom stereocenters. The molecule has 4 saturated carbocycles. The first-order chi connectivity index (χ1) is 23.8. The number of fused-ring (bicyclic) bond motifs is 7. The minimum absolute atomic E-state index is 0.000356. The second kappa shape index (κ2) is 12.6. The molecule has 2 N–H and O–H groups in total. The number of carbonyl (C=O) groups is 4. The molecular formula is C40H57NO10. The number of rotatable bonds is 8. The van der Waals surface area contributed by atoms with Gasteiger partial charge in [-0.15, -0.1) is 0 Å². The van der Waals surface area contributed by atoms with Gasteiger partial charge in [-0.2, -0.15) is 0 Å². The fourth-order valence-electron chi connectivity index (χ4n) is 11.8. The molecule has 0 saturated heterocycles. The number of carboxylic acid groups (broad SMARTS) is 1. The maximum atomic E-state index is 14.8. The van der Waals surface area contributed by atoms with Gasteiger partial charge in [-0.1, -0.05) is 46.6 Å². The van der Waals surface area contributed by atoms with Crippen molar-refractivity contribution in [3.8, 4) is 0 Å². The molecule has 11 heteroatoms. The van der Waals surface area contributed by atoms with E-state index in [4.69, 9.17) is 18.3 Å². The number of hydrogen-bond acceptors (Lipinski definition) is 9. The van der Waals surface area contributed by atoms with Crippen molar-refractivity contribution < 1.29 is 42.6 Å². The highest BCUT2D eigenvalue weighted by Crippen LogP contribution is 2.75. The second-order valence-corrected chi connectivity index (χ2v) is 18.1. The summed E-state index contributed by atoms with van der Waals surface area (Å²) in [5, 5.41) is 13.1. The molecule has 282 valence electrons. The number of aliphatic carboxylic acids is 1. The highest BCUT2D eigenvalue weighted by molar-refractivity contribution is 5.96. The molecule has 0 aromatic carbocycles. The zero-order valence-electron chi connectivity index (χ0n) is 31.7. The predicted molar refractivity (Wildman–Crippen MR) is 186 cm³/mol. The molecule has 0 radical (unpaired) electrons. The van der Waals surface area contributed by atoms with Gasteiger partial charge in [-0.3, -0.25) is 14.4 Å². The van der Waals surface area contributed by atoms with Gasteiger partial charge in [0.25, 0.3) is 0 Å². The normalized spacial score (nSPS) is 41.6. The molecule has 0 spiro atoms. The van der Waals surface area contributed by atoms with Crippen molar-refractivity contribution in [1.29, 1.82) is 0 Å². The van der Waals surface area contributed by atoms with E-state index >= 15 is 0 Å². The van der Waals surface area contributed by atoms with E-state index < -0.39 is 57.5 Å². The van der Waals surface area contributed by atoms with Crippen molar-refractivity contribution in [3.05, 3.63) is 33.8 Å². The Kier molecular flexibility index (Phi) is 9.27. The number of aryl methyl sites for hydroxylation is 1. The molecule has 1 aromatic rings. The van der Waals surface area contributed by atoms with Gasteiger partial charge < -0.3 is 28.7 Å². The number of ether oxygens (including phenoxy) is 2. The number of amides is 1. The second-order valence-electron chi connectivity index (χ2n) is 18.1. The first-order valence-corrected chi connectivity index (χ1v) is 19.0. The summed E-state index contributed by atoms with van der Waals surface area (Å²) in [7, 11) is 0. The molecule has 5 aliphatic carbocycles. The molecule has 1 heterocycles. The lowest BCUT2D eigenvalue weighted by Crippen LogP contribution is -2.68. The molecular weight excluding hydrogens is 654 g/mol. The largest absolute Gasteiger partial charge is 0.519 e. The highest BCUT2D eigenvalue weighted by Gasteiger charge is 2.72. The van der Waals surface area contributed by atoms with Crippen LogP contribution in [0.5, 0.6) is 0 Å². The van der Waals surface area contributed by atoms with E-state index in [1.165, 1.54) is 0 Å². The molecule has 1 amide bonds. The van der Waals surface area contributed by atoms with Gasteiger partial charge in [-0.05, 0) is 125 Å². The first-order valence-electron chi connectivity index (χ1n) is 19.0. The summed E-state index contributed by atoms with van der Waals surface area (Å²) in [5.41, 5.74) is -2.50. The summed E-state index contributed by atoms with van der Waals surface area (Å²) >= 11 is 0. The van der Waals surface area contributed by atoms with Crippen molar-refractivity contribution in [1.82, 2.24) is 5.32 Å². The number of alkyl carbamates (subject to hydrolysis) is 1. The Hall–Kier alpha value is -3.37. The van der Waals surface area contributed by atoms with Gasteiger partial charge in [0, 0.05) is 12.5 Å². The van der Waals surface area contributed by atoms with E-state index in [9.17, 15) is 29.1 Å². The van der Waals surface area contributed by atoms with Crippen LogP contribution in [0.2, 0.25) is 0 Å². The number of ketones is 1. The van der Waals surface area contributed by atoms with Crippen LogP contribution in [0.15, 0.2) is 25.3 Å². The van der Waals surface area contributed by atoms with Crippen LogP contribution in [0, 0.1) is 57.2 Å². The van der Waals surface area contributed by atoms with Gasteiger partial charge >= 0.3 is 23.9 Å². The molecule has 0 aliphatic heterocycles. The molecule has 11 nitrogen and oxygen atoms in total. The maximum Gasteiger partial charge on any atom is 0.519 e. The summed E-state index contributed by atoms with van der Waals surface area (Å²) in [6.07, 6.45) is 8.26. The van der Waals surface area contributed by atoms with E-state index in [0.29, 0.717) is 45.1 Å². The monoisotopic (exact) mass is 711 g/mol. The van der Waals surface area contributed by atoms with Gasteiger partial charge in [0.2, 0.25) is 0 Å². The van der Waals surface area contributed by atoms with E-state index in [-0.39, 0.29) is 46.6 Å². The lowest BCUT2D eigenvalue weighted by molar-refractivity contribution is -0.218. The molecule has 1 aromatic heterocycles. The van der Waals surface area contributed by atoms with E-state index in [1.807, 2.05) is 19.9 Å². The third kappa shape index (κ3) is 5.61. The van der Waals surface area contributed by atoms with Gasteiger partial charge in [-0.25, -0.2) is 9.59 Å². The Morgan fingerprint density at radius 3 is 2.31 bits per heavy atom. The standard InChI is InChI=1S/C40H57NO10/c1-9-10-19-41-33(46)51-29-12-13-37(5)28(40(29,8)32(45)48-22-27-23(2)49-34(47)50-27)11-14-39(7)30(37)26(42)20-24-25-21-36(4,31(43)44)16-15-35(25,3)17-18-38(24,39)6/h20,25,28-30H,9-19,21-22H2,1-8H3,(H,41,46)(H,43,44)/t25-,28+,29-,30+,35+,36-,37-,38+,39+,40-/m0/s1. The molecule has 51 heavy (non-hydrogen) atoms. The first kappa shape index (κ1) is 37.4.